The number of nitriles is 1. The van der Waals surface area contributed by atoms with Crippen molar-refractivity contribution in [3.8, 4) is 22.9 Å². The molecule has 0 aliphatic heterocycles. The van der Waals surface area contributed by atoms with Crippen LogP contribution in [0.2, 0.25) is 0 Å². The van der Waals surface area contributed by atoms with Gasteiger partial charge < -0.3 is 10.8 Å². The third-order valence-electron chi connectivity index (χ3n) is 2.67. The first-order chi connectivity index (χ1) is 8.74. The third kappa shape index (κ3) is 3.30. The molecule has 0 saturated carbocycles. The van der Waals surface area contributed by atoms with Crippen molar-refractivity contribution < 1.29 is 5.11 Å². The van der Waals surface area contributed by atoms with Crippen LogP contribution in [0, 0.1) is 11.3 Å². The molecule has 0 unspecified atom stereocenters. The molecule has 98 valence electrons. The normalized spacial score (nSPS) is 9.47. The van der Waals surface area contributed by atoms with Gasteiger partial charge in [-0.05, 0) is 36.7 Å². The smallest absolute Gasteiger partial charge is 0.123 e. The molecule has 0 atom stereocenters. The molecule has 4 heteroatoms. The van der Waals surface area contributed by atoms with E-state index in [4.69, 9.17) is 11.0 Å². The van der Waals surface area contributed by atoms with Crippen LogP contribution in [-0.4, -0.2) is 16.6 Å². The number of benzene rings is 1. The van der Waals surface area contributed by atoms with Crippen LogP contribution in [0.25, 0.3) is 11.1 Å². The van der Waals surface area contributed by atoms with Crippen molar-refractivity contribution in [3.63, 3.8) is 0 Å². The Kier molecular flexibility index (Phi) is 5.04. The third-order valence-corrected chi connectivity index (χ3v) is 2.67. The van der Waals surface area contributed by atoms with Crippen LogP contribution in [0.15, 0.2) is 36.7 Å². The number of nitrogens with zero attached hydrogens (tertiary/aromatic N) is 2. The van der Waals surface area contributed by atoms with E-state index in [1.54, 1.807) is 18.3 Å². The maximum atomic E-state index is 9.88. The molecule has 0 bridgehead atoms. The number of phenolic OH excluding ortho intramolecular Hbond substituents is 1. The van der Waals surface area contributed by atoms with Gasteiger partial charge in [0.05, 0.1) is 5.56 Å². The molecule has 1 heterocycles. The molecule has 0 amide bonds. The Hall–Kier alpha value is -2.38. The average Bonchev–Trinajstić information content (AvgIpc) is 2.41. The topological polar surface area (TPSA) is 82.9 Å². The Morgan fingerprint density at radius 2 is 2.05 bits per heavy atom. The van der Waals surface area contributed by atoms with Gasteiger partial charge in [0.1, 0.15) is 11.8 Å². The van der Waals surface area contributed by atoms with Crippen molar-refractivity contribution in [1.29, 1.82) is 5.26 Å². The van der Waals surface area contributed by atoms with Crippen LogP contribution in [0.3, 0.4) is 0 Å². The van der Waals surface area contributed by atoms with Crippen molar-refractivity contribution in [2.45, 2.75) is 13.8 Å². The van der Waals surface area contributed by atoms with Crippen molar-refractivity contribution in [1.82, 2.24) is 4.98 Å². The molecule has 0 saturated heterocycles. The molecule has 0 aliphatic carbocycles. The van der Waals surface area contributed by atoms with Crippen LogP contribution in [-0.2, 0) is 6.42 Å². The van der Waals surface area contributed by atoms with Crippen LogP contribution < -0.4 is 5.73 Å². The first-order valence-corrected chi connectivity index (χ1v) is 5.62. The number of pyridine rings is 1. The van der Waals surface area contributed by atoms with Gasteiger partial charge in [-0.3, -0.25) is 4.98 Å². The lowest BCUT2D eigenvalue weighted by molar-refractivity contribution is 0.477. The van der Waals surface area contributed by atoms with Gasteiger partial charge >= 0.3 is 0 Å². The quantitative estimate of drug-likeness (QED) is 0.882. The Balaban J connectivity index is 0.00000180. The standard InChI is InChI=1S/C14H13N3O.CH4/c15-4-3-10-1-2-14(18)13(6-10)12-5-11(7-16)8-17-9-12;/h1-2,5-6,8-9,18H,3-4,15H2;1H4. The molecule has 0 fully saturated rings. The number of hydrogen-bond acceptors (Lipinski definition) is 4. The van der Waals surface area contributed by atoms with Gasteiger partial charge in [-0.1, -0.05) is 13.5 Å². The van der Waals surface area contributed by atoms with Gasteiger partial charge in [0.15, 0.2) is 0 Å². The minimum Gasteiger partial charge on any atom is -0.507 e. The highest BCUT2D eigenvalue weighted by Crippen LogP contribution is 2.30. The first kappa shape index (κ1) is 14.7. The van der Waals surface area contributed by atoms with E-state index in [0.29, 0.717) is 17.7 Å². The maximum absolute atomic E-state index is 9.88. The van der Waals surface area contributed by atoms with E-state index in [1.165, 1.54) is 6.20 Å². The van der Waals surface area contributed by atoms with E-state index in [1.807, 2.05) is 18.2 Å². The Morgan fingerprint density at radius 3 is 2.74 bits per heavy atom. The van der Waals surface area contributed by atoms with E-state index in [2.05, 4.69) is 4.98 Å². The summed E-state index contributed by atoms with van der Waals surface area (Å²) in [7, 11) is 0. The van der Waals surface area contributed by atoms with Crippen molar-refractivity contribution in [2.24, 2.45) is 5.73 Å². The van der Waals surface area contributed by atoms with Gasteiger partial charge in [0.25, 0.3) is 0 Å². The van der Waals surface area contributed by atoms with E-state index in [-0.39, 0.29) is 13.2 Å². The van der Waals surface area contributed by atoms with Crippen LogP contribution >= 0.6 is 0 Å². The highest BCUT2D eigenvalue weighted by molar-refractivity contribution is 5.71. The lowest BCUT2D eigenvalue weighted by Crippen LogP contribution is -2.02. The fourth-order valence-electron chi connectivity index (χ4n) is 1.78. The predicted molar refractivity (Wildman–Crippen MR) is 75.5 cm³/mol. The molecule has 0 radical (unpaired) electrons. The summed E-state index contributed by atoms with van der Waals surface area (Å²) in [6.07, 6.45) is 3.87. The lowest BCUT2D eigenvalue weighted by Gasteiger charge is -2.07. The largest absolute Gasteiger partial charge is 0.507 e. The second-order valence-corrected chi connectivity index (χ2v) is 3.96. The Morgan fingerprint density at radius 1 is 1.26 bits per heavy atom. The maximum Gasteiger partial charge on any atom is 0.123 e. The monoisotopic (exact) mass is 255 g/mol. The van der Waals surface area contributed by atoms with Crippen LogP contribution in [0.1, 0.15) is 18.6 Å². The number of nitrogens with two attached hydrogens (primary N) is 1. The second kappa shape index (κ2) is 6.53. The highest BCUT2D eigenvalue weighted by Gasteiger charge is 2.07. The number of hydrogen-bond donors (Lipinski definition) is 2. The van der Waals surface area contributed by atoms with E-state index in [0.717, 1.165) is 17.5 Å². The molecule has 2 aromatic rings. The van der Waals surface area contributed by atoms with Gasteiger partial charge in [-0.25, -0.2) is 0 Å². The van der Waals surface area contributed by atoms with Gasteiger partial charge in [-0.2, -0.15) is 5.26 Å². The molecule has 19 heavy (non-hydrogen) atoms. The Labute approximate surface area is 113 Å². The SMILES string of the molecule is C.N#Cc1cncc(-c2cc(CCN)ccc2O)c1. The zero-order valence-corrected chi connectivity index (χ0v) is 9.80. The second-order valence-electron chi connectivity index (χ2n) is 3.96. The van der Waals surface area contributed by atoms with Crippen LogP contribution in [0.4, 0.5) is 0 Å². The molecular weight excluding hydrogens is 238 g/mol. The number of phenols is 1. The predicted octanol–water partition coefficient (Wildman–Crippen LogP) is 2.46. The zero-order chi connectivity index (χ0) is 13.0. The zero-order valence-electron chi connectivity index (χ0n) is 9.80. The molecule has 3 N–H and O–H groups in total. The molecular formula is C15H17N3O. The highest BCUT2D eigenvalue weighted by atomic mass is 16.3. The molecule has 4 nitrogen and oxygen atoms in total. The molecule has 2 rings (SSSR count). The summed E-state index contributed by atoms with van der Waals surface area (Å²) in [4.78, 5) is 3.99. The number of aromatic hydroxyl groups is 1. The number of rotatable bonds is 3. The summed E-state index contributed by atoms with van der Waals surface area (Å²) >= 11 is 0. The molecule has 1 aromatic heterocycles. The van der Waals surface area contributed by atoms with Crippen molar-refractivity contribution >= 4 is 0 Å². The average molecular weight is 255 g/mol. The fourth-order valence-corrected chi connectivity index (χ4v) is 1.78. The molecule has 0 spiro atoms. The van der Waals surface area contributed by atoms with Gasteiger partial charge in [-0.15, -0.1) is 0 Å². The number of aromatic nitrogens is 1. The minimum atomic E-state index is 0. The van der Waals surface area contributed by atoms with Crippen molar-refractivity contribution in [3.05, 3.63) is 47.8 Å². The van der Waals surface area contributed by atoms with Crippen LogP contribution in [0.5, 0.6) is 5.75 Å². The van der Waals surface area contributed by atoms with Gasteiger partial charge in [0.2, 0.25) is 0 Å². The minimum absolute atomic E-state index is 0. The summed E-state index contributed by atoms with van der Waals surface area (Å²) in [5, 5.41) is 18.7. The van der Waals surface area contributed by atoms with E-state index >= 15 is 0 Å². The van der Waals surface area contributed by atoms with E-state index < -0.39 is 0 Å². The molecule has 0 aliphatic rings. The van der Waals surface area contributed by atoms with Gasteiger partial charge in [0, 0.05) is 23.5 Å². The molecule has 1 aromatic carbocycles. The fraction of sp³-hybridized carbons (Fsp3) is 0.200. The summed E-state index contributed by atoms with van der Waals surface area (Å²) in [6, 6.07) is 9.09. The van der Waals surface area contributed by atoms with Crippen molar-refractivity contribution in [2.75, 3.05) is 6.54 Å². The van der Waals surface area contributed by atoms with E-state index in [9.17, 15) is 5.11 Å². The summed E-state index contributed by atoms with van der Waals surface area (Å²) < 4.78 is 0. The summed E-state index contributed by atoms with van der Waals surface area (Å²) in [5.41, 5.74) is 8.43. The Bertz CT molecular complexity index is 603. The summed E-state index contributed by atoms with van der Waals surface area (Å²) in [5.74, 6) is 0.174. The lowest BCUT2D eigenvalue weighted by atomic mass is 10.0. The summed E-state index contributed by atoms with van der Waals surface area (Å²) in [6.45, 7) is 0.556. The first-order valence-electron chi connectivity index (χ1n) is 5.62.